The standard InChI is InChI=1S/C14H21ClN2OS/c15-13-1-3-14(4-2-13)19-12-11-18-10-9-17-7-5-16-6-8-17/h1-4,16H,5-12H2. The third-order valence-electron chi connectivity index (χ3n) is 3.07. The lowest BCUT2D eigenvalue weighted by Crippen LogP contribution is -2.44. The molecule has 0 amide bonds. The third kappa shape index (κ3) is 6.15. The first-order chi connectivity index (χ1) is 9.34. The van der Waals surface area contributed by atoms with E-state index in [1.165, 1.54) is 4.90 Å². The molecule has 0 radical (unpaired) electrons. The zero-order valence-corrected chi connectivity index (χ0v) is 12.7. The first-order valence-electron chi connectivity index (χ1n) is 6.74. The van der Waals surface area contributed by atoms with Gasteiger partial charge in [-0.3, -0.25) is 4.90 Å². The summed E-state index contributed by atoms with van der Waals surface area (Å²) in [5.41, 5.74) is 0. The monoisotopic (exact) mass is 300 g/mol. The molecule has 2 rings (SSSR count). The minimum Gasteiger partial charge on any atom is -0.379 e. The molecule has 1 fully saturated rings. The number of nitrogens with one attached hydrogen (secondary N) is 1. The highest BCUT2D eigenvalue weighted by atomic mass is 35.5. The van der Waals surface area contributed by atoms with Crippen molar-refractivity contribution in [3.05, 3.63) is 29.3 Å². The maximum atomic E-state index is 5.84. The first-order valence-corrected chi connectivity index (χ1v) is 8.10. The summed E-state index contributed by atoms with van der Waals surface area (Å²) in [5.74, 6) is 0.989. The number of ether oxygens (including phenoxy) is 1. The van der Waals surface area contributed by atoms with Crippen LogP contribution >= 0.6 is 23.4 Å². The molecule has 0 aliphatic carbocycles. The molecule has 5 heteroatoms. The van der Waals surface area contributed by atoms with Crippen LogP contribution in [0, 0.1) is 0 Å². The molecule has 0 spiro atoms. The van der Waals surface area contributed by atoms with E-state index in [4.69, 9.17) is 16.3 Å². The molecule has 19 heavy (non-hydrogen) atoms. The number of halogens is 1. The van der Waals surface area contributed by atoms with Crippen molar-refractivity contribution in [3.63, 3.8) is 0 Å². The number of rotatable bonds is 7. The van der Waals surface area contributed by atoms with E-state index in [9.17, 15) is 0 Å². The third-order valence-corrected chi connectivity index (χ3v) is 4.30. The lowest BCUT2D eigenvalue weighted by atomic mass is 10.4. The van der Waals surface area contributed by atoms with Gasteiger partial charge in [0.15, 0.2) is 0 Å². The molecule has 0 aromatic heterocycles. The Morgan fingerprint density at radius 3 is 2.63 bits per heavy atom. The van der Waals surface area contributed by atoms with Gasteiger partial charge in [0.1, 0.15) is 0 Å². The topological polar surface area (TPSA) is 24.5 Å². The quantitative estimate of drug-likeness (QED) is 0.617. The smallest absolute Gasteiger partial charge is 0.0593 e. The molecule has 1 saturated heterocycles. The van der Waals surface area contributed by atoms with Gasteiger partial charge in [-0.15, -0.1) is 11.8 Å². The average Bonchev–Trinajstić information content (AvgIpc) is 2.46. The van der Waals surface area contributed by atoms with E-state index in [1.54, 1.807) is 0 Å². The molecule has 0 saturated carbocycles. The van der Waals surface area contributed by atoms with Gasteiger partial charge in [-0.1, -0.05) is 11.6 Å². The van der Waals surface area contributed by atoms with E-state index >= 15 is 0 Å². The van der Waals surface area contributed by atoms with Gasteiger partial charge in [0, 0.05) is 48.4 Å². The van der Waals surface area contributed by atoms with Crippen molar-refractivity contribution in [2.45, 2.75) is 4.90 Å². The SMILES string of the molecule is Clc1ccc(SCCOCCN2CCNCC2)cc1. The van der Waals surface area contributed by atoms with Crippen LogP contribution < -0.4 is 5.32 Å². The normalized spacial score (nSPS) is 16.7. The molecular weight excluding hydrogens is 280 g/mol. The number of hydrogen-bond acceptors (Lipinski definition) is 4. The molecule has 1 heterocycles. The fourth-order valence-corrected chi connectivity index (χ4v) is 2.87. The Balaban J connectivity index is 1.49. The Labute approximate surface area is 124 Å². The molecular formula is C14H21ClN2OS. The second kappa shape index (κ2) is 8.82. The molecule has 106 valence electrons. The van der Waals surface area contributed by atoms with Crippen LogP contribution in [0.25, 0.3) is 0 Å². The highest BCUT2D eigenvalue weighted by molar-refractivity contribution is 7.99. The van der Waals surface area contributed by atoms with Crippen LogP contribution in [-0.4, -0.2) is 56.6 Å². The summed E-state index contributed by atoms with van der Waals surface area (Å²) in [6.07, 6.45) is 0. The Bertz CT molecular complexity index is 355. The van der Waals surface area contributed by atoms with Gasteiger partial charge in [-0.05, 0) is 24.3 Å². The number of thioether (sulfide) groups is 1. The zero-order chi connectivity index (χ0) is 13.3. The van der Waals surface area contributed by atoms with Gasteiger partial charge in [-0.25, -0.2) is 0 Å². The summed E-state index contributed by atoms with van der Waals surface area (Å²) in [4.78, 5) is 3.69. The van der Waals surface area contributed by atoms with E-state index in [1.807, 2.05) is 36.0 Å². The van der Waals surface area contributed by atoms with E-state index < -0.39 is 0 Å². The Morgan fingerprint density at radius 1 is 1.16 bits per heavy atom. The van der Waals surface area contributed by atoms with Gasteiger partial charge in [-0.2, -0.15) is 0 Å². The summed E-state index contributed by atoms with van der Waals surface area (Å²) >= 11 is 7.65. The van der Waals surface area contributed by atoms with Crippen molar-refractivity contribution in [2.24, 2.45) is 0 Å². The van der Waals surface area contributed by atoms with E-state index in [-0.39, 0.29) is 0 Å². The highest BCUT2D eigenvalue weighted by Gasteiger charge is 2.08. The fraction of sp³-hybridized carbons (Fsp3) is 0.571. The Hall–Kier alpha value is -0.260. The summed E-state index contributed by atoms with van der Waals surface area (Å²) < 4.78 is 5.67. The zero-order valence-electron chi connectivity index (χ0n) is 11.1. The molecule has 3 nitrogen and oxygen atoms in total. The lowest BCUT2D eigenvalue weighted by molar-refractivity contribution is 0.110. The minimum absolute atomic E-state index is 0.789. The highest BCUT2D eigenvalue weighted by Crippen LogP contribution is 2.19. The molecule has 1 aliphatic rings. The van der Waals surface area contributed by atoms with Crippen LogP contribution in [0.2, 0.25) is 5.02 Å². The van der Waals surface area contributed by atoms with Gasteiger partial charge >= 0.3 is 0 Å². The van der Waals surface area contributed by atoms with Crippen LogP contribution in [-0.2, 0) is 4.74 Å². The van der Waals surface area contributed by atoms with Crippen LogP contribution in [0.15, 0.2) is 29.2 Å². The molecule has 1 aromatic rings. The van der Waals surface area contributed by atoms with Crippen molar-refractivity contribution >= 4 is 23.4 Å². The minimum atomic E-state index is 0.789. The molecule has 1 aromatic carbocycles. The number of benzene rings is 1. The second-order valence-corrected chi connectivity index (χ2v) is 6.11. The average molecular weight is 301 g/mol. The van der Waals surface area contributed by atoms with E-state index in [2.05, 4.69) is 10.2 Å². The van der Waals surface area contributed by atoms with Crippen LogP contribution in [0.4, 0.5) is 0 Å². The van der Waals surface area contributed by atoms with Gasteiger partial charge in [0.05, 0.1) is 13.2 Å². The summed E-state index contributed by atoms with van der Waals surface area (Å²) in [6, 6.07) is 7.95. The largest absolute Gasteiger partial charge is 0.379 e. The molecule has 1 aliphatic heterocycles. The maximum Gasteiger partial charge on any atom is 0.0593 e. The summed E-state index contributed by atoms with van der Waals surface area (Å²) in [5, 5.41) is 4.14. The molecule has 0 bridgehead atoms. The lowest BCUT2D eigenvalue weighted by Gasteiger charge is -2.26. The Kier molecular flexibility index (Phi) is 7.03. The fourth-order valence-electron chi connectivity index (χ4n) is 1.98. The predicted octanol–water partition coefficient (Wildman–Crippen LogP) is 2.35. The molecule has 0 atom stereocenters. The molecule has 0 unspecified atom stereocenters. The molecule has 1 N–H and O–H groups in total. The maximum absolute atomic E-state index is 5.84. The number of nitrogens with zero attached hydrogens (tertiary/aromatic N) is 1. The second-order valence-electron chi connectivity index (χ2n) is 4.51. The van der Waals surface area contributed by atoms with Crippen molar-refractivity contribution < 1.29 is 4.74 Å². The first kappa shape index (κ1) is 15.1. The van der Waals surface area contributed by atoms with Crippen molar-refractivity contribution in [1.29, 1.82) is 0 Å². The van der Waals surface area contributed by atoms with Crippen LogP contribution in [0.3, 0.4) is 0 Å². The van der Waals surface area contributed by atoms with Crippen molar-refractivity contribution in [2.75, 3.05) is 51.7 Å². The number of hydrogen-bond donors (Lipinski definition) is 1. The van der Waals surface area contributed by atoms with Crippen LogP contribution in [0.5, 0.6) is 0 Å². The van der Waals surface area contributed by atoms with Gasteiger partial charge in [0.2, 0.25) is 0 Å². The van der Waals surface area contributed by atoms with E-state index in [0.29, 0.717) is 0 Å². The van der Waals surface area contributed by atoms with Gasteiger partial charge < -0.3 is 10.1 Å². The predicted molar refractivity (Wildman–Crippen MR) is 82.3 cm³/mol. The van der Waals surface area contributed by atoms with Crippen molar-refractivity contribution in [3.8, 4) is 0 Å². The number of piperazine rings is 1. The van der Waals surface area contributed by atoms with Crippen molar-refractivity contribution in [1.82, 2.24) is 10.2 Å². The van der Waals surface area contributed by atoms with Gasteiger partial charge in [0.25, 0.3) is 0 Å². The summed E-state index contributed by atoms with van der Waals surface area (Å²) in [6.45, 7) is 7.18. The van der Waals surface area contributed by atoms with Crippen LogP contribution in [0.1, 0.15) is 0 Å². The van der Waals surface area contributed by atoms with E-state index in [0.717, 1.165) is 56.7 Å². The Morgan fingerprint density at radius 2 is 1.89 bits per heavy atom. The summed E-state index contributed by atoms with van der Waals surface area (Å²) in [7, 11) is 0.